The monoisotopic (exact) mass is 382 g/mol. The molecule has 2 heterocycles. The Bertz CT molecular complexity index is 915. The molecule has 1 fully saturated rings. The number of imide groups is 1. The third-order valence-corrected chi connectivity index (χ3v) is 4.42. The summed E-state index contributed by atoms with van der Waals surface area (Å²) in [6.45, 7) is -0.496. The van der Waals surface area contributed by atoms with Crippen molar-refractivity contribution < 1.29 is 19.2 Å². The number of carbonyl (C=O) groups excluding carboxylic acids is 4. The number of nitrogens with zero attached hydrogens (tertiary/aromatic N) is 2. The van der Waals surface area contributed by atoms with Crippen molar-refractivity contribution in [3.05, 3.63) is 70.9 Å². The van der Waals surface area contributed by atoms with Crippen molar-refractivity contribution in [2.75, 3.05) is 6.54 Å². The number of hydrogen-bond acceptors (Lipinski definition) is 6. The zero-order chi connectivity index (χ0) is 19.2. The highest BCUT2D eigenvalue weighted by Gasteiger charge is 2.36. The van der Waals surface area contributed by atoms with Gasteiger partial charge in [-0.2, -0.15) is 0 Å². The molecule has 0 spiro atoms. The average molecular weight is 382 g/mol. The van der Waals surface area contributed by atoms with E-state index in [0.717, 1.165) is 22.2 Å². The molecular formula is C18H14N4O4S. The minimum atomic E-state index is -0.699. The minimum absolute atomic E-state index is 0.235. The summed E-state index contributed by atoms with van der Waals surface area (Å²) in [5.41, 5.74) is 5.41. The molecule has 0 atom stereocenters. The van der Waals surface area contributed by atoms with Crippen LogP contribution in [0.1, 0.15) is 15.9 Å². The van der Waals surface area contributed by atoms with Crippen LogP contribution in [0.15, 0.2) is 59.8 Å². The van der Waals surface area contributed by atoms with Gasteiger partial charge in [0.2, 0.25) is 0 Å². The van der Waals surface area contributed by atoms with Crippen LogP contribution in [0.5, 0.6) is 0 Å². The standard InChI is InChI=1S/C18H14N4O4S/c23-15(20-21-16(24)13-7-4-8-19-10-13)11-22-17(25)14(27-18(22)26)9-12-5-2-1-3-6-12/h1-10H,11H2,(H,20,23)(H,21,24)/b14-9-. The fraction of sp³-hybridized carbons (Fsp3) is 0.0556. The molecule has 2 N–H and O–H groups in total. The van der Waals surface area contributed by atoms with E-state index in [-0.39, 0.29) is 10.5 Å². The zero-order valence-corrected chi connectivity index (χ0v) is 14.7. The van der Waals surface area contributed by atoms with Crippen molar-refractivity contribution in [2.45, 2.75) is 0 Å². The number of rotatable bonds is 4. The fourth-order valence-electron chi connectivity index (χ4n) is 2.22. The van der Waals surface area contributed by atoms with Crippen molar-refractivity contribution in [3.63, 3.8) is 0 Å². The maximum Gasteiger partial charge on any atom is 0.294 e. The van der Waals surface area contributed by atoms with Crippen molar-refractivity contribution in [1.29, 1.82) is 0 Å². The summed E-state index contributed by atoms with van der Waals surface area (Å²) < 4.78 is 0. The molecule has 1 aliphatic rings. The summed E-state index contributed by atoms with van der Waals surface area (Å²) in [7, 11) is 0. The van der Waals surface area contributed by atoms with Crippen LogP contribution in [-0.4, -0.2) is 39.4 Å². The molecule has 1 aromatic heterocycles. The molecule has 0 unspecified atom stereocenters. The number of aromatic nitrogens is 1. The molecular weight excluding hydrogens is 368 g/mol. The van der Waals surface area contributed by atoms with Gasteiger partial charge in [0.1, 0.15) is 6.54 Å². The summed E-state index contributed by atoms with van der Waals surface area (Å²) in [5, 5.41) is -0.545. The number of carbonyl (C=O) groups is 4. The largest absolute Gasteiger partial charge is 0.294 e. The Morgan fingerprint density at radius 2 is 1.85 bits per heavy atom. The van der Waals surface area contributed by atoms with Crippen molar-refractivity contribution in [3.8, 4) is 0 Å². The van der Waals surface area contributed by atoms with Gasteiger partial charge in [0.15, 0.2) is 0 Å². The van der Waals surface area contributed by atoms with Crippen LogP contribution in [0.4, 0.5) is 4.79 Å². The molecule has 0 aliphatic carbocycles. The second-order valence-corrected chi connectivity index (χ2v) is 6.42. The van der Waals surface area contributed by atoms with Gasteiger partial charge in [-0.3, -0.25) is 39.9 Å². The van der Waals surface area contributed by atoms with E-state index in [1.165, 1.54) is 18.5 Å². The first-order valence-corrected chi connectivity index (χ1v) is 8.66. The number of nitrogens with one attached hydrogen (secondary N) is 2. The lowest BCUT2D eigenvalue weighted by molar-refractivity contribution is -0.129. The van der Waals surface area contributed by atoms with Gasteiger partial charge in [-0.05, 0) is 35.5 Å². The van der Waals surface area contributed by atoms with Gasteiger partial charge in [0, 0.05) is 12.4 Å². The maximum absolute atomic E-state index is 12.4. The highest BCUT2D eigenvalue weighted by atomic mass is 32.2. The van der Waals surface area contributed by atoms with Crippen LogP contribution < -0.4 is 10.9 Å². The molecule has 8 nitrogen and oxygen atoms in total. The van der Waals surface area contributed by atoms with E-state index in [2.05, 4.69) is 15.8 Å². The lowest BCUT2D eigenvalue weighted by Gasteiger charge is -2.12. The molecule has 3 rings (SSSR count). The molecule has 9 heteroatoms. The Hall–Kier alpha value is -3.46. The Morgan fingerprint density at radius 3 is 2.56 bits per heavy atom. The number of thioether (sulfide) groups is 1. The van der Waals surface area contributed by atoms with E-state index in [4.69, 9.17) is 0 Å². The van der Waals surface area contributed by atoms with Gasteiger partial charge in [-0.15, -0.1) is 0 Å². The van der Waals surface area contributed by atoms with E-state index >= 15 is 0 Å². The summed E-state index contributed by atoms with van der Waals surface area (Å²) >= 11 is 0.763. The van der Waals surface area contributed by atoms with Gasteiger partial charge < -0.3 is 0 Å². The number of hydrazine groups is 1. The third-order valence-electron chi connectivity index (χ3n) is 3.51. The van der Waals surface area contributed by atoms with Crippen LogP contribution in [-0.2, 0) is 9.59 Å². The van der Waals surface area contributed by atoms with Crippen LogP contribution >= 0.6 is 11.8 Å². The number of pyridine rings is 1. The molecule has 27 heavy (non-hydrogen) atoms. The molecule has 1 saturated heterocycles. The summed E-state index contributed by atoms with van der Waals surface area (Å²) in [5.74, 6) is -1.81. The number of benzene rings is 1. The summed E-state index contributed by atoms with van der Waals surface area (Å²) in [6.07, 6.45) is 4.44. The van der Waals surface area contributed by atoms with Crippen LogP contribution in [0.2, 0.25) is 0 Å². The first-order chi connectivity index (χ1) is 13.0. The number of amides is 4. The molecule has 2 aromatic rings. The lowest BCUT2D eigenvalue weighted by atomic mass is 10.2. The number of hydrogen-bond donors (Lipinski definition) is 2. The predicted molar refractivity (Wildman–Crippen MR) is 99.0 cm³/mol. The van der Waals surface area contributed by atoms with Crippen molar-refractivity contribution >= 4 is 40.8 Å². The van der Waals surface area contributed by atoms with E-state index < -0.39 is 29.5 Å². The zero-order valence-electron chi connectivity index (χ0n) is 13.9. The second-order valence-electron chi connectivity index (χ2n) is 5.42. The summed E-state index contributed by atoms with van der Waals surface area (Å²) in [6, 6.07) is 12.2. The average Bonchev–Trinajstić information content (AvgIpc) is 2.95. The summed E-state index contributed by atoms with van der Waals surface area (Å²) in [4.78, 5) is 53.1. The van der Waals surface area contributed by atoms with Gasteiger partial charge >= 0.3 is 0 Å². The van der Waals surface area contributed by atoms with Crippen LogP contribution in [0, 0.1) is 0 Å². The van der Waals surface area contributed by atoms with Crippen LogP contribution in [0.25, 0.3) is 6.08 Å². The highest BCUT2D eigenvalue weighted by Crippen LogP contribution is 2.31. The Balaban J connectivity index is 1.58. The Kier molecular flexibility index (Phi) is 5.62. The second kappa shape index (κ2) is 8.28. The normalized spacial score (nSPS) is 15.1. The SMILES string of the molecule is O=C(CN1C(=O)S/C(=C\c2ccccc2)C1=O)NNC(=O)c1cccnc1. The van der Waals surface area contributed by atoms with Gasteiger partial charge in [0.05, 0.1) is 10.5 Å². The molecule has 0 saturated carbocycles. The van der Waals surface area contributed by atoms with E-state index in [1.54, 1.807) is 24.3 Å². The minimum Gasteiger partial charge on any atom is -0.271 e. The Labute approximate surface area is 158 Å². The van der Waals surface area contributed by atoms with Crippen molar-refractivity contribution in [1.82, 2.24) is 20.7 Å². The molecule has 0 bridgehead atoms. The first kappa shape index (κ1) is 18.3. The fourth-order valence-corrected chi connectivity index (χ4v) is 3.05. The molecule has 136 valence electrons. The highest BCUT2D eigenvalue weighted by molar-refractivity contribution is 8.18. The topological polar surface area (TPSA) is 108 Å². The smallest absolute Gasteiger partial charge is 0.271 e. The first-order valence-electron chi connectivity index (χ1n) is 7.84. The van der Waals surface area contributed by atoms with E-state index in [1.807, 2.05) is 18.2 Å². The molecule has 1 aromatic carbocycles. The van der Waals surface area contributed by atoms with E-state index in [9.17, 15) is 19.2 Å². The van der Waals surface area contributed by atoms with Crippen molar-refractivity contribution in [2.24, 2.45) is 0 Å². The maximum atomic E-state index is 12.4. The van der Waals surface area contributed by atoms with Crippen LogP contribution in [0.3, 0.4) is 0 Å². The van der Waals surface area contributed by atoms with Gasteiger partial charge in [-0.1, -0.05) is 30.3 Å². The third kappa shape index (κ3) is 4.59. The quantitative estimate of drug-likeness (QED) is 0.614. The molecule has 4 amide bonds. The Morgan fingerprint density at radius 1 is 1.07 bits per heavy atom. The predicted octanol–water partition coefficient (Wildman–Crippen LogP) is 1.58. The molecule has 0 radical (unpaired) electrons. The van der Waals surface area contributed by atoms with E-state index in [0.29, 0.717) is 0 Å². The molecule has 1 aliphatic heterocycles. The lowest BCUT2D eigenvalue weighted by Crippen LogP contribution is -2.47. The van der Waals surface area contributed by atoms with Gasteiger partial charge in [-0.25, -0.2) is 0 Å². The van der Waals surface area contributed by atoms with Gasteiger partial charge in [0.25, 0.3) is 23.0 Å².